The number of piperazine rings is 1. The minimum atomic E-state index is -0.472. The maximum absolute atomic E-state index is 13.7. The number of carbonyl (C=O) groups is 1. The molecule has 2 fully saturated rings. The molecule has 14 heteroatoms. The maximum atomic E-state index is 13.7. The zero-order valence-electron chi connectivity index (χ0n) is 26.5. The van der Waals surface area contributed by atoms with E-state index in [1.165, 1.54) is 0 Å². The fraction of sp³-hybridized carbons (Fsp3) is 0.720. The van der Waals surface area contributed by atoms with Gasteiger partial charge in [0.05, 0.1) is 70.5 Å². The van der Waals surface area contributed by atoms with Gasteiger partial charge in [-0.25, -0.2) is 4.98 Å². The predicted octanol–water partition coefficient (Wildman–Crippen LogP) is -3.80. The summed E-state index contributed by atoms with van der Waals surface area (Å²) in [6.45, 7) is 8.80. The zero-order chi connectivity index (χ0) is 29.2. The van der Waals surface area contributed by atoms with Gasteiger partial charge >= 0.3 is 0 Å². The summed E-state index contributed by atoms with van der Waals surface area (Å²) >= 11 is 0. The summed E-state index contributed by atoms with van der Waals surface area (Å²) < 4.78 is 6.20. The van der Waals surface area contributed by atoms with Crippen molar-refractivity contribution in [1.29, 1.82) is 5.26 Å². The first-order chi connectivity index (χ1) is 17.9. The number of hydrogen-bond donors (Lipinski definition) is 0. The molecule has 1 aromatic heterocycles. The van der Waals surface area contributed by atoms with Gasteiger partial charge in [0.25, 0.3) is 0 Å². The highest BCUT2D eigenvalue weighted by molar-refractivity contribution is 6.70. The third kappa shape index (κ3) is 5.04. The molecule has 6 nitrogen and oxygen atoms in total. The van der Waals surface area contributed by atoms with Gasteiger partial charge in [0.15, 0.2) is 0 Å². The van der Waals surface area contributed by atoms with Crippen molar-refractivity contribution >= 4 is 74.5 Å². The highest BCUT2D eigenvalue weighted by Gasteiger charge is 2.60. The molecule has 1 aliphatic carbocycles. The minimum Gasteiger partial charge on any atom is -0.370 e. The lowest BCUT2D eigenvalue weighted by atomic mass is 9.10. The number of nitrogens with zero attached hydrogens (tertiary/aromatic N) is 4. The fourth-order valence-corrected chi connectivity index (χ4v) is 7.92. The normalized spacial score (nSPS) is 23.6. The van der Waals surface area contributed by atoms with Crippen molar-refractivity contribution in [1.82, 2.24) is 9.88 Å². The number of amides is 1. The highest BCUT2D eigenvalue weighted by Crippen LogP contribution is 2.63. The average molecular weight is 519 g/mol. The molecule has 200 valence electrons. The lowest BCUT2D eigenvalue weighted by molar-refractivity contribution is -0.136. The van der Waals surface area contributed by atoms with Gasteiger partial charge < -0.3 is 14.5 Å². The number of anilines is 1. The predicted molar refractivity (Wildman–Crippen MR) is 181 cm³/mol. The van der Waals surface area contributed by atoms with Crippen LogP contribution < -0.4 is 4.90 Å². The molecule has 1 aromatic rings. The van der Waals surface area contributed by atoms with E-state index in [4.69, 9.17) is 9.72 Å². The zero-order valence-corrected chi connectivity index (χ0v) is 26.5. The van der Waals surface area contributed by atoms with Crippen LogP contribution in [0.25, 0.3) is 0 Å². The van der Waals surface area contributed by atoms with Crippen LogP contribution in [0.4, 0.5) is 5.82 Å². The van der Waals surface area contributed by atoms with E-state index < -0.39 is 5.44 Å². The molecular formula is C25H44B8N4O2. The molecule has 4 rings (SSSR count). The van der Waals surface area contributed by atoms with Crippen LogP contribution in [0, 0.1) is 11.3 Å². The molecule has 0 N–H and O–H groups in total. The fourth-order valence-electron chi connectivity index (χ4n) is 7.92. The Morgan fingerprint density at radius 3 is 2.23 bits per heavy atom. The molecule has 1 amide bonds. The molecule has 0 radical (unpaired) electrons. The smallest absolute Gasteiger partial charge is 0.222 e. The van der Waals surface area contributed by atoms with Gasteiger partial charge in [-0.2, -0.15) is 5.26 Å². The van der Waals surface area contributed by atoms with E-state index in [2.05, 4.69) is 99.4 Å². The molecule has 0 aromatic carbocycles. The molecular weight excluding hydrogens is 475 g/mol. The number of ether oxygens (including phenoxy) is 1. The van der Waals surface area contributed by atoms with Gasteiger partial charge in [-0.1, -0.05) is 12.2 Å². The van der Waals surface area contributed by atoms with Crippen molar-refractivity contribution in [3.05, 3.63) is 22.4 Å². The van der Waals surface area contributed by atoms with Crippen molar-refractivity contribution in [3.63, 3.8) is 0 Å². The van der Waals surface area contributed by atoms with Crippen LogP contribution >= 0.6 is 0 Å². The monoisotopic (exact) mass is 520 g/mol. The Kier molecular flexibility index (Phi) is 7.81. The number of nitriles is 1. The van der Waals surface area contributed by atoms with E-state index in [0.29, 0.717) is 50.6 Å². The van der Waals surface area contributed by atoms with Crippen molar-refractivity contribution in [2.75, 3.05) is 24.5 Å². The van der Waals surface area contributed by atoms with E-state index in [1.54, 1.807) is 0 Å². The third-order valence-electron chi connectivity index (χ3n) is 10.5. The maximum Gasteiger partial charge on any atom is 0.222 e. The molecule has 3 heterocycles. The van der Waals surface area contributed by atoms with Crippen LogP contribution in [-0.2, 0) is 22.6 Å². The molecule has 39 heavy (non-hydrogen) atoms. The molecule has 1 saturated carbocycles. The lowest BCUT2D eigenvalue weighted by Gasteiger charge is -2.68. The summed E-state index contributed by atoms with van der Waals surface area (Å²) in [6, 6.07) is 2.59. The Hall–Kier alpha value is -1.61. The Bertz CT molecular complexity index is 1170. The molecule has 0 bridgehead atoms. The largest absolute Gasteiger partial charge is 0.370 e. The van der Waals surface area contributed by atoms with Crippen LogP contribution in [0.2, 0.25) is 15.5 Å². The molecule has 1 unspecified atom stereocenters. The summed E-state index contributed by atoms with van der Waals surface area (Å²) in [7, 11) is 18.6. The molecule has 2 aliphatic heterocycles. The minimum absolute atomic E-state index is 0.0877. The molecule has 0 spiro atoms. The topological polar surface area (TPSA) is 69.5 Å². The van der Waals surface area contributed by atoms with E-state index in [1.807, 2.05) is 0 Å². The Morgan fingerprint density at radius 2 is 1.72 bits per heavy atom. The second-order valence-corrected chi connectivity index (χ2v) is 15.4. The number of pyridine rings is 1. The van der Waals surface area contributed by atoms with Gasteiger partial charge in [0.2, 0.25) is 5.91 Å². The SMILES string of the molecule is BC(B)(B)C(B)(C(B)(B)B)C1(B)CN(c2nc(C3CC3)c3c(c2C#N)CC(C)(C)OC3)CCN1C(=O)CCC. The van der Waals surface area contributed by atoms with Crippen molar-refractivity contribution < 1.29 is 9.53 Å². The van der Waals surface area contributed by atoms with E-state index in [9.17, 15) is 10.1 Å². The second kappa shape index (κ2) is 10.0. The van der Waals surface area contributed by atoms with Crippen LogP contribution in [0.3, 0.4) is 0 Å². The Balaban J connectivity index is 1.90. The van der Waals surface area contributed by atoms with Gasteiger partial charge in [-0.3, -0.25) is 4.79 Å². The third-order valence-corrected chi connectivity index (χ3v) is 10.5. The Morgan fingerprint density at radius 1 is 1.10 bits per heavy atom. The van der Waals surface area contributed by atoms with Crippen LogP contribution in [-0.4, -0.2) is 109 Å². The second-order valence-electron chi connectivity index (χ2n) is 15.4. The van der Waals surface area contributed by atoms with Crippen molar-refractivity contribution in [2.45, 2.75) is 92.0 Å². The van der Waals surface area contributed by atoms with Gasteiger partial charge in [-0.15, -0.1) is 10.2 Å². The summed E-state index contributed by atoms with van der Waals surface area (Å²) in [4.78, 5) is 23.5. The standard InChI is InChI=1S/C25H44B8N4O2/c1-4-5-18(38)37-9-8-36(13-22(37,26)23(27,24(28,29)30)25(31,32)33)20-16(11-34)15-10-21(2,3)39-12-17(15)19(35-20)14-6-7-14/h14H,4-10,12-13,26-33H2,1-3H3. The average Bonchev–Trinajstić information content (AvgIpc) is 3.65. The summed E-state index contributed by atoms with van der Waals surface area (Å²) in [5.41, 5.74) is 3.33. The first-order valence-corrected chi connectivity index (χ1v) is 15.1. The van der Waals surface area contributed by atoms with Gasteiger partial charge in [-0.05, 0) is 38.7 Å². The van der Waals surface area contributed by atoms with Gasteiger partial charge in [0.1, 0.15) is 27.6 Å². The van der Waals surface area contributed by atoms with Crippen molar-refractivity contribution in [3.8, 4) is 6.07 Å². The number of hydrogen-bond acceptors (Lipinski definition) is 5. The molecule has 1 atom stereocenters. The lowest BCUT2D eigenvalue weighted by Crippen LogP contribution is -2.74. The summed E-state index contributed by atoms with van der Waals surface area (Å²) in [5.74, 6) is 1.51. The van der Waals surface area contributed by atoms with Crippen molar-refractivity contribution in [2.24, 2.45) is 0 Å². The number of rotatable bonds is 7. The van der Waals surface area contributed by atoms with Crippen LogP contribution in [0.1, 0.15) is 74.8 Å². The quantitative estimate of drug-likeness (QED) is 0.346. The number of carbonyl (C=O) groups excluding carboxylic acids is 1. The van der Waals surface area contributed by atoms with E-state index in [0.717, 1.165) is 41.9 Å². The molecule has 3 aliphatic rings. The Labute approximate surface area is 243 Å². The van der Waals surface area contributed by atoms with E-state index >= 15 is 0 Å². The van der Waals surface area contributed by atoms with Crippen LogP contribution in [0.5, 0.6) is 0 Å². The first kappa shape index (κ1) is 30.4. The summed E-state index contributed by atoms with van der Waals surface area (Å²) in [6.07, 6.45) is 4.41. The molecule has 1 saturated heterocycles. The number of fused-ring (bicyclic) bond motifs is 1. The summed E-state index contributed by atoms with van der Waals surface area (Å²) in [5, 5.41) is 10.1. The number of aromatic nitrogens is 1. The first-order valence-electron chi connectivity index (χ1n) is 15.1. The van der Waals surface area contributed by atoms with E-state index in [-0.39, 0.29) is 27.0 Å². The van der Waals surface area contributed by atoms with Crippen LogP contribution in [0.15, 0.2) is 0 Å². The van der Waals surface area contributed by atoms with Gasteiger partial charge in [0, 0.05) is 49.4 Å². The highest BCUT2D eigenvalue weighted by atomic mass is 16.5.